The summed E-state index contributed by atoms with van der Waals surface area (Å²) in [7, 11) is 0. The number of benzene rings is 2. The summed E-state index contributed by atoms with van der Waals surface area (Å²) in [6.07, 6.45) is 0. The summed E-state index contributed by atoms with van der Waals surface area (Å²) >= 11 is 8.60. The number of nitrogens with one attached hydrogen (secondary N) is 2. The molecule has 0 radical (unpaired) electrons. The Labute approximate surface area is 138 Å². The van der Waals surface area contributed by atoms with Gasteiger partial charge in [-0.25, -0.2) is 0 Å². The zero-order valence-electron chi connectivity index (χ0n) is 11.9. The Hall–Kier alpha value is -1.59. The lowest BCUT2D eigenvalue weighted by Crippen LogP contribution is -2.33. The Kier molecular flexibility index (Phi) is 5.59. The van der Waals surface area contributed by atoms with Gasteiger partial charge in [-0.1, -0.05) is 15.9 Å². The SMILES string of the molecule is CC(C)NC(=S)Nc1ccc(Oc2ccc(Br)cc2)cc1. The smallest absolute Gasteiger partial charge is 0.170 e. The van der Waals surface area contributed by atoms with Gasteiger partial charge in [-0.2, -0.15) is 0 Å². The lowest BCUT2D eigenvalue weighted by molar-refractivity contribution is 0.482. The van der Waals surface area contributed by atoms with Gasteiger partial charge in [0.25, 0.3) is 0 Å². The van der Waals surface area contributed by atoms with Gasteiger partial charge in [0.15, 0.2) is 5.11 Å². The molecule has 2 N–H and O–H groups in total. The number of anilines is 1. The number of halogens is 1. The molecule has 5 heteroatoms. The molecule has 0 amide bonds. The Morgan fingerprint density at radius 3 is 2.05 bits per heavy atom. The van der Waals surface area contributed by atoms with Crippen LogP contribution in [0.25, 0.3) is 0 Å². The van der Waals surface area contributed by atoms with Crippen molar-refractivity contribution in [3.8, 4) is 11.5 Å². The number of hydrogen-bond acceptors (Lipinski definition) is 2. The van der Waals surface area contributed by atoms with Crippen molar-refractivity contribution in [2.75, 3.05) is 5.32 Å². The van der Waals surface area contributed by atoms with Gasteiger partial charge >= 0.3 is 0 Å². The van der Waals surface area contributed by atoms with Gasteiger partial charge in [0.05, 0.1) is 0 Å². The van der Waals surface area contributed by atoms with Crippen LogP contribution < -0.4 is 15.4 Å². The van der Waals surface area contributed by atoms with Crippen molar-refractivity contribution in [1.29, 1.82) is 0 Å². The van der Waals surface area contributed by atoms with E-state index in [2.05, 4.69) is 26.6 Å². The molecule has 0 saturated carbocycles. The Morgan fingerprint density at radius 2 is 1.52 bits per heavy atom. The largest absolute Gasteiger partial charge is 0.457 e. The maximum absolute atomic E-state index is 5.76. The van der Waals surface area contributed by atoms with Crippen LogP contribution in [0.4, 0.5) is 5.69 Å². The van der Waals surface area contributed by atoms with E-state index in [1.54, 1.807) is 0 Å². The molecule has 0 saturated heterocycles. The van der Waals surface area contributed by atoms with E-state index < -0.39 is 0 Å². The molecule has 0 atom stereocenters. The van der Waals surface area contributed by atoms with Crippen LogP contribution in [0.1, 0.15) is 13.8 Å². The van der Waals surface area contributed by atoms with Crippen LogP contribution in [-0.2, 0) is 0 Å². The van der Waals surface area contributed by atoms with Crippen molar-refractivity contribution in [1.82, 2.24) is 5.32 Å². The summed E-state index contributed by atoms with van der Waals surface area (Å²) in [4.78, 5) is 0. The number of thiocarbonyl (C=S) groups is 1. The Balaban J connectivity index is 1.95. The van der Waals surface area contributed by atoms with E-state index in [9.17, 15) is 0 Å². The van der Waals surface area contributed by atoms with Crippen molar-refractivity contribution in [3.05, 3.63) is 53.0 Å². The van der Waals surface area contributed by atoms with Gasteiger partial charge < -0.3 is 15.4 Å². The highest BCUT2D eigenvalue weighted by Gasteiger charge is 2.01. The first kappa shape index (κ1) is 15.8. The average Bonchev–Trinajstić information content (AvgIpc) is 2.42. The first-order valence-electron chi connectivity index (χ1n) is 6.64. The van der Waals surface area contributed by atoms with Gasteiger partial charge in [-0.05, 0) is 74.6 Å². The van der Waals surface area contributed by atoms with Gasteiger partial charge in [0.1, 0.15) is 11.5 Å². The van der Waals surface area contributed by atoms with E-state index in [0.717, 1.165) is 21.7 Å². The zero-order valence-corrected chi connectivity index (χ0v) is 14.3. The van der Waals surface area contributed by atoms with Crippen LogP contribution >= 0.6 is 28.1 Å². The van der Waals surface area contributed by atoms with Gasteiger partial charge in [-0.3, -0.25) is 0 Å². The van der Waals surface area contributed by atoms with Crippen molar-refractivity contribution in [2.24, 2.45) is 0 Å². The standard InChI is InChI=1S/C16H17BrN2OS/c1-11(2)18-16(21)19-13-5-9-15(10-6-13)20-14-7-3-12(17)4-8-14/h3-11H,1-2H3,(H2,18,19,21). The molecule has 0 spiro atoms. The minimum absolute atomic E-state index is 0.310. The second-order valence-electron chi connectivity index (χ2n) is 4.83. The van der Waals surface area contributed by atoms with Gasteiger partial charge in [0, 0.05) is 16.2 Å². The average molecular weight is 365 g/mol. The van der Waals surface area contributed by atoms with Crippen LogP contribution in [0.3, 0.4) is 0 Å². The number of ether oxygens (including phenoxy) is 1. The van der Waals surface area contributed by atoms with E-state index in [0.29, 0.717) is 11.2 Å². The first-order chi connectivity index (χ1) is 10.0. The fourth-order valence-electron chi connectivity index (χ4n) is 1.67. The predicted octanol–water partition coefficient (Wildman–Crippen LogP) is 4.94. The summed E-state index contributed by atoms with van der Waals surface area (Å²) in [5, 5.41) is 6.88. The third-order valence-corrected chi connectivity index (χ3v) is 3.33. The molecule has 0 fully saturated rings. The highest BCUT2D eigenvalue weighted by Crippen LogP contribution is 2.24. The van der Waals surface area contributed by atoms with Crippen LogP contribution in [0.2, 0.25) is 0 Å². The summed E-state index contributed by atoms with van der Waals surface area (Å²) in [6, 6.07) is 15.7. The zero-order chi connectivity index (χ0) is 15.2. The van der Waals surface area contributed by atoms with Crippen molar-refractivity contribution in [2.45, 2.75) is 19.9 Å². The van der Waals surface area contributed by atoms with Crippen LogP contribution in [0.15, 0.2) is 53.0 Å². The lowest BCUT2D eigenvalue weighted by Gasteiger charge is -2.13. The molecule has 3 nitrogen and oxygen atoms in total. The molecular weight excluding hydrogens is 348 g/mol. The molecule has 0 bridgehead atoms. The second-order valence-corrected chi connectivity index (χ2v) is 6.16. The molecule has 0 aliphatic heterocycles. The van der Waals surface area contributed by atoms with Crippen LogP contribution in [0, 0.1) is 0 Å². The summed E-state index contributed by atoms with van der Waals surface area (Å²) in [5.41, 5.74) is 0.927. The normalized spacial score (nSPS) is 10.3. The van der Waals surface area contributed by atoms with Crippen molar-refractivity contribution in [3.63, 3.8) is 0 Å². The molecule has 0 heterocycles. The molecule has 2 aromatic carbocycles. The highest BCUT2D eigenvalue weighted by molar-refractivity contribution is 9.10. The van der Waals surface area contributed by atoms with E-state index in [-0.39, 0.29) is 0 Å². The fourth-order valence-corrected chi connectivity index (χ4v) is 2.29. The van der Waals surface area contributed by atoms with Crippen molar-refractivity contribution < 1.29 is 4.74 Å². The lowest BCUT2D eigenvalue weighted by atomic mass is 10.3. The molecule has 0 aliphatic carbocycles. The first-order valence-corrected chi connectivity index (χ1v) is 7.84. The predicted molar refractivity (Wildman–Crippen MR) is 95.2 cm³/mol. The maximum Gasteiger partial charge on any atom is 0.170 e. The quantitative estimate of drug-likeness (QED) is 0.753. The topological polar surface area (TPSA) is 33.3 Å². The second kappa shape index (κ2) is 7.43. The third kappa shape index (κ3) is 5.36. The molecule has 110 valence electrons. The highest BCUT2D eigenvalue weighted by atomic mass is 79.9. The monoisotopic (exact) mass is 364 g/mol. The summed E-state index contributed by atoms with van der Waals surface area (Å²) in [5.74, 6) is 1.58. The molecule has 21 heavy (non-hydrogen) atoms. The van der Waals surface area contributed by atoms with E-state index in [1.165, 1.54) is 0 Å². The maximum atomic E-state index is 5.76. The van der Waals surface area contributed by atoms with E-state index >= 15 is 0 Å². The third-order valence-electron chi connectivity index (χ3n) is 2.58. The molecule has 0 aromatic heterocycles. The molecular formula is C16H17BrN2OS. The number of hydrogen-bond donors (Lipinski definition) is 2. The minimum Gasteiger partial charge on any atom is -0.457 e. The summed E-state index contributed by atoms with van der Waals surface area (Å²) in [6.45, 7) is 4.09. The molecule has 2 aromatic rings. The Morgan fingerprint density at radius 1 is 1.00 bits per heavy atom. The number of rotatable bonds is 4. The summed E-state index contributed by atoms with van der Waals surface area (Å²) < 4.78 is 6.79. The van der Waals surface area contributed by atoms with Crippen LogP contribution in [-0.4, -0.2) is 11.2 Å². The fraction of sp³-hybridized carbons (Fsp3) is 0.188. The minimum atomic E-state index is 0.310. The molecule has 0 aliphatic rings. The Bertz CT molecular complexity index is 597. The van der Waals surface area contributed by atoms with Gasteiger partial charge in [0.2, 0.25) is 0 Å². The van der Waals surface area contributed by atoms with Gasteiger partial charge in [-0.15, -0.1) is 0 Å². The van der Waals surface area contributed by atoms with E-state index in [1.807, 2.05) is 62.4 Å². The van der Waals surface area contributed by atoms with Crippen molar-refractivity contribution >= 4 is 38.9 Å². The van der Waals surface area contributed by atoms with Crippen LogP contribution in [0.5, 0.6) is 11.5 Å². The van der Waals surface area contributed by atoms with E-state index in [4.69, 9.17) is 17.0 Å². The molecule has 0 unspecified atom stereocenters. The molecule has 2 rings (SSSR count).